The Morgan fingerprint density at radius 3 is 2.76 bits per heavy atom. The van der Waals surface area contributed by atoms with Gasteiger partial charge in [-0.25, -0.2) is 9.59 Å². The topological polar surface area (TPSA) is 61.9 Å². The molecule has 0 aliphatic carbocycles. The highest BCUT2D eigenvalue weighted by Gasteiger charge is 2.22. The Balaban J connectivity index is 1.92. The molecular weight excluding hydrogens is 290 g/mol. The number of piperazine rings is 1. The number of ether oxygens (including phenoxy) is 1. The van der Waals surface area contributed by atoms with Crippen LogP contribution in [0.2, 0.25) is 0 Å². The lowest BCUT2D eigenvalue weighted by Gasteiger charge is -2.34. The molecule has 114 valence electrons. The van der Waals surface area contributed by atoms with E-state index in [2.05, 4.69) is 16.8 Å². The number of methoxy groups -OCH3 is 1. The number of carbonyl (C=O) groups excluding carboxylic acids is 2. The largest absolute Gasteiger partial charge is 0.465 e. The van der Waals surface area contributed by atoms with E-state index >= 15 is 0 Å². The van der Waals surface area contributed by atoms with E-state index < -0.39 is 5.97 Å². The quantitative estimate of drug-likeness (QED) is 0.681. The summed E-state index contributed by atoms with van der Waals surface area (Å²) in [6, 6.07) is 1.53. The van der Waals surface area contributed by atoms with Crippen LogP contribution in [0.4, 0.5) is 10.5 Å². The van der Waals surface area contributed by atoms with Gasteiger partial charge in [-0.1, -0.05) is 6.08 Å². The van der Waals surface area contributed by atoms with Gasteiger partial charge in [0.05, 0.1) is 12.8 Å². The summed E-state index contributed by atoms with van der Waals surface area (Å²) < 4.78 is 4.69. The highest BCUT2D eigenvalue weighted by Crippen LogP contribution is 2.23. The molecule has 1 saturated heterocycles. The van der Waals surface area contributed by atoms with Crippen molar-refractivity contribution in [2.45, 2.75) is 0 Å². The van der Waals surface area contributed by atoms with Gasteiger partial charge >= 0.3 is 12.0 Å². The van der Waals surface area contributed by atoms with Crippen molar-refractivity contribution in [3.8, 4) is 0 Å². The summed E-state index contributed by atoms with van der Waals surface area (Å²) in [7, 11) is 1.33. The van der Waals surface area contributed by atoms with Crippen LogP contribution in [0, 0.1) is 0 Å². The van der Waals surface area contributed by atoms with E-state index in [1.54, 1.807) is 16.3 Å². The minimum atomic E-state index is -0.434. The molecule has 0 atom stereocenters. The number of nitrogens with one attached hydrogen (secondary N) is 1. The molecule has 1 aliphatic rings. The third kappa shape index (κ3) is 3.83. The number of esters is 1. The first kappa shape index (κ1) is 15.5. The summed E-state index contributed by atoms with van der Waals surface area (Å²) >= 11 is 1.25. The van der Waals surface area contributed by atoms with Gasteiger partial charge in [-0.3, -0.25) is 4.90 Å². The predicted molar refractivity (Wildman–Crippen MR) is 82.9 cm³/mol. The van der Waals surface area contributed by atoms with Crippen LogP contribution in [0.25, 0.3) is 0 Å². The van der Waals surface area contributed by atoms with Gasteiger partial charge in [0.2, 0.25) is 0 Å². The van der Waals surface area contributed by atoms with Crippen molar-refractivity contribution in [2.24, 2.45) is 0 Å². The average Bonchev–Trinajstić information content (AvgIpc) is 2.95. The Morgan fingerprint density at radius 2 is 2.14 bits per heavy atom. The maximum absolute atomic E-state index is 12.2. The molecule has 21 heavy (non-hydrogen) atoms. The predicted octanol–water partition coefficient (Wildman–Crippen LogP) is 1.87. The smallest absolute Gasteiger partial charge is 0.350 e. The zero-order chi connectivity index (χ0) is 15.2. The molecule has 2 heterocycles. The Bertz CT molecular complexity index is 521. The van der Waals surface area contributed by atoms with Crippen LogP contribution < -0.4 is 5.32 Å². The third-order valence-electron chi connectivity index (χ3n) is 3.32. The van der Waals surface area contributed by atoms with Gasteiger partial charge in [-0.15, -0.1) is 17.9 Å². The van der Waals surface area contributed by atoms with Gasteiger partial charge in [0.15, 0.2) is 0 Å². The second-order valence-electron chi connectivity index (χ2n) is 4.66. The van der Waals surface area contributed by atoms with Crippen molar-refractivity contribution in [3.05, 3.63) is 29.0 Å². The number of thiophene rings is 1. The fourth-order valence-corrected chi connectivity index (χ4v) is 2.93. The average molecular weight is 309 g/mol. The molecule has 1 fully saturated rings. The fraction of sp³-hybridized carbons (Fsp3) is 0.429. The van der Waals surface area contributed by atoms with Crippen molar-refractivity contribution >= 4 is 29.0 Å². The number of carbonyl (C=O) groups is 2. The molecule has 0 saturated carbocycles. The van der Waals surface area contributed by atoms with Crippen molar-refractivity contribution < 1.29 is 14.3 Å². The van der Waals surface area contributed by atoms with Crippen molar-refractivity contribution in [1.29, 1.82) is 0 Å². The highest BCUT2D eigenvalue weighted by molar-refractivity contribution is 7.12. The number of amides is 2. The van der Waals surface area contributed by atoms with Crippen molar-refractivity contribution in [3.63, 3.8) is 0 Å². The van der Waals surface area contributed by atoms with E-state index in [0.29, 0.717) is 23.7 Å². The van der Waals surface area contributed by atoms with Crippen LogP contribution in [0.3, 0.4) is 0 Å². The minimum absolute atomic E-state index is 0.184. The van der Waals surface area contributed by atoms with Gasteiger partial charge in [0.25, 0.3) is 0 Å². The first-order valence-corrected chi connectivity index (χ1v) is 7.58. The molecule has 7 heteroatoms. The zero-order valence-electron chi connectivity index (χ0n) is 12.0. The van der Waals surface area contributed by atoms with E-state index in [4.69, 9.17) is 4.74 Å². The monoisotopic (exact) mass is 309 g/mol. The third-order valence-corrected chi connectivity index (χ3v) is 4.22. The lowest BCUT2D eigenvalue weighted by Crippen LogP contribution is -2.49. The van der Waals surface area contributed by atoms with E-state index in [1.807, 2.05) is 6.08 Å². The first-order chi connectivity index (χ1) is 10.2. The van der Waals surface area contributed by atoms with E-state index in [0.717, 1.165) is 19.6 Å². The molecule has 6 nitrogen and oxygen atoms in total. The molecule has 0 radical (unpaired) electrons. The van der Waals surface area contributed by atoms with Crippen LogP contribution in [0.15, 0.2) is 24.1 Å². The summed E-state index contributed by atoms with van der Waals surface area (Å²) in [6.45, 7) is 7.54. The van der Waals surface area contributed by atoms with Gasteiger partial charge in [-0.05, 0) is 11.4 Å². The molecular formula is C14H19N3O3S. The van der Waals surface area contributed by atoms with Crippen molar-refractivity contribution in [2.75, 3.05) is 45.2 Å². The van der Waals surface area contributed by atoms with Crippen LogP contribution in [-0.2, 0) is 4.74 Å². The molecule has 0 unspecified atom stereocenters. The maximum atomic E-state index is 12.2. The number of hydrogen-bond acceptors (Lipinski definition) is 5. The minimum Gasteiger partial charge on any atom is -0.465 e. The lowest BCUT2D eigenvalue weighted by molar-refractivity contribution is 0.0607. The summed E-state index contributed by atoms with van der Waals surface area (Å²) in [6.07, 6.45) is 1.86. The molecule has 1 aromatic rings. The Labute approximate surface area is 128 Å². The Morgan fingerprint density at radius 1 is 1.43 bits per heavy atom. The SMILES string of the molecule is C=CCN1CCN(C(=O)Nc2ccsc2C(=O)OC)CC1. The second kappa shape index (κ2) is 7.24. The molecule has 1 aromatic heterocycles. The zero-order valence-corrected chi connectivity index (χ0v) is 12.8. The molecule has 1 aliphatic heterocycles. The number of nitrogens with zero attached hydrogens (tertiary/aromatic N) is 2. The van der Waals surface area contributed by atoms with E-state index in [9.17, 15) is 9.59 Å². The molecule has 2 amide bonds. The maximum Gasteiger partial charge on any atom is 0.350 e. The summed E-state index contributed by atoms with van der Waals surface area (Å²) in [5.74, 6) is -0.434. The summed E-state index contributed by atoms with van der Waals surface area (Å²) in [5.41, 5.74) is 0.505. The standard InChI is InChI=1S/C14H19N3O3S/c1-3-5-16-6-8-17(9-7-16)14(19)15-11-4-10-21-12(11)13(18)20-2/h3-4,10H,1,5-9H2,2H3,(H,15,19). The van der Waals surface area contributed by atoms with E-state index in [1.165, 1.54) is 18.4 Å². The summed E-state index contributed by atoms with van der Waals surface area (Å²) in [5, 5.41) is 4.53. The number of hydrogen-bond donors (Lipinski definition) is 1. The summed E-state index contributed by atoms with van der Waals surface area (Å²) in [4.78, 5) is 28.2. The van der Waals surface area contributed by atoms with Crippen LogP contribution in [0.5, 0.6) is 0 Å². The van der Waals surface area contributed by atoms with Gasteiger partial charge in [0, 0.05) is 32.7 Å². The van der Waals surface area contributed by atoms with E-state index in [-0.39, 0.29) is 6.03 Å². The normalized spacial score (nSPS) is 15.6. The van der Waals surface area contributed by atoms with Gasteiger partial charge < -0.3 is 15.0 Å². The van der Waals surface area contributed by atoms with Crippen LogP contribution >= 0.6 is 11.3 Å². The first-order valence-electron chi connectivity index (χ1n) is 6.70. The molecule has 0 spiro atoms. The molecule has 0 aromatic carbocycles. The van der Waals surface area contributed by atoms with Crippen molar-refractivity contribution in [1.82, 2.24) is 9.80 Å². The van der Waals surface area contributed by atoms with Gasteiger partial charge in [-0.2, -0.15) is 0 Å². The molecule has 1 N–H and O–H groups in total. The number of anilines is 1. The molecule has 0 bridgehead atoms. The highest BCUT2D eigenvalue weighted by atomic mass is 32.1. The Hall–Kier alpha value is -1.86. The fourth-order valence-electron chi connectivity index (χ4n) is 2.17. The number of rotatable bonds is 4. The van der Waals surface area contributed by atoms with Crippen LogP contribution in [-0.4, -0.2) is 61.6 Å². The molecule has 2 rings (SSSR count). The van der Waals surface area contributed by atoms with Crippen LogP contribution in [0.1, 0.15) is 9.67 Å². The number of urea groups is 1. The van der Waals surface area contributed by atoms with Gasteiger partial charge in [0.1, 0.15) is 4.88 Å². The lowest BCUT2D eigenvalue weighted by atomic mass is 10.3. The second-order valence-corrected chi connectivity index (χ2v) is 5.58. The Kier molecular flexibility index (Phi) is 5.35.